The number of aliphatic hydroxyl groups is 1. The van der Waals surface area contributed by atoms with Gasteiger partial charge in [0.15, 0.2) is 11.5 Å². The molecule has 0 saturated heterocycles. The number of methoxy groups -OCH3 is 2. The van der Waals surface area contributed by atoms with Gasteiger partial charge in [0.25, 0.3) is 5.91 Å². The lowest BCUT2D eigenvalue weighted by molar-refractivity contribution is -0.139. The zero-order valence-corrected chi connectivity index (χ0v) is 23.0. The largest absolute Gasteiger partial charge is 0.494 e. The van der Waals surface area contributed by atoms with Gasteiger partial charge >= 0.3 is 6.18 Å². The number of benzene rings is 2. The van der Waals surface area contributed by atoms with Crippen molar-refractivity contribution in [2.24, 2.45) is 5.73 Å². The number of amides is 1. The number of alkyl halides is 3. The molecule has 13 heteroatoms. The monoisotopic (exact) mass is 593 g/mol. The van der Waals surface area contributed by atoms with Crippen molar-refractivity contribution in [1.29, 1.82) is 0 Å². The molecule has 1 amide bonds. The van der Waals surface area contributed by atoms with Crippen molar-refractivity contribution in [3.8, 4) is 28.5 Å². The molecule has 1 atom stereocenters. The number of halogens is 4. The van der Waals surface area contributed by atoms with Gasteiger partial charge in [-0.3, -0.25) is 9.59 Å². The number of hydrogen-bond acceptors (Lipinski definition) is 8. The molecule has 226 valence electrons. The number of rotatable bonds is 14. The molecule has 4 N–H and O–H groups in total. The summed E-state index contributed by atoms with van der Waals surface area (Å²) in [6, 6.07) is 8.36. The van der Waals surface area contributed by atoms with Crippen molar-refractivity contribution in [3.05, 3.63) is 71.2 Å². The van der Waals surface area contributed by atoms with Crippen molar-refractivity contribution in [1.82, 2.24) is 10.3 Å². The lowest BCUT2D eigenvalue weighted by atomic mass is 10.0. The molecule has 0 aliphatic heterocycles. The molecule has 2 aromatic carbocycles. The Morgan fingerprint density at radius 2 is 1.71 bits per heavy atom. The number of nitrogens with two attached hydrogens (primary N) is 1. The second-order valence-corrected chi connectivity index (χ2v) is 9.05. The highest BCUT2D eigenvalue weighted by molar-refractivity contribution is 6.03. The first-order chi connectivity index (χ1) is 20.0. The highest BCUT2D eigenvalue weighted by Crippen LogP contribution is 2.36. The maximum Gasteiger partial charge on any atom is 0.419 e. The van der Waals surface area contributed by atoms with Crippen molar-refractivity contribution in [2.75, 3.05) is 34.0 Å². The first kappa shape index (κ1) is 32.3. The smallest absolute Gasteiger partial charge is 0.419 e. The van der Waals surface area contributed by atoms with E-state index in [1.807, 2.05) is 0 Å². The topological polar surface area (TPSA) is 133 Å². The van der Waals surface area contributed by atoms with E-state index in [0.717, 1.165) is 6.07 Å². The molecule has 1 aromatic heterocycles. The molecule has 0 spiro atoms. The number of nitrogens with zero attached hydrogens (tertiary/aromatic N) is 1. The zero-order valence-electron chi connectivity index (χ0n) is 23.0. The third kappa shape index (κ3) is 7.95. The zero-order chi connectivity index (χ0) is 30.9. The highest BCUT2D eigenvalue weighted by Gasteiger charge is 2.35. The Labute approximate surface area is 239 Å². The number of Topliss-reactive ketones (excluding diaryl/α,β-unsaturated/α-hetero) is 1. The Morgan fingerprint density at radius 1 is 1.00 bits per heavy atom. The van der Waals surface area contributed by atoms with E-state index < -0.39 is 35.3 Å². The van der Waals surface area contributed by atoms with Gasteiger partial charge < -0.3 is 30.4 Å². The molecule has 0 aliphatic rings. The summed E-state index contributed by atoms with van der Waals surface area (Å²) in [5, 5.41) is 11.7. The lowest BCUT2D eigenvalue weighted by Crippen LogP contribution is -2.41. The fourth-order valence-corrected chi connectivity index (χ4v) is 4.11. The van der Waals surface area contributed by atoms with E-state index in [-0.39, 0.29) is 53.6 Å². The molecular weight excluding hydrogens is 562 g/mol. The van der Waals surface area contributed by atoms with E-state index in [4.69, 9.17) is 25.1 Å². The van der Waals surface area contributed by atoms with Crippen LogP contribution < -0.4 is 25.3 Å². The predicted molar refractivity (Wildman–Crippen MR) is 145 cm³/mol. The van der Waals surface area contributed by atoms with Crippen molar-refractivity contribution >= 4 is 11.7 Å². The molecule has 0 saturated carbocycles. The molecule has 42 heavy (non-hydrogen) atoms. The van der Waals surface area contributed by atoms with E-state index >= 15 is 0 Å². The normalized spacial score (nSPS) is 12.0. The van der Waals surface area contributed by atoms with Crippen LogP contribution in [0.15, 0.2) is 48.5 Å². The number of nitrogens with one attached hydrogen (secondary N) is 1. The van der Waals surface area contributed by atoms with Crippen LogP contribution in [0.4, 0.5) is 17.6 Å². The summed E-state index contributed by atoms with van der Waals surface area (Å²) in [5.74, 6) is -2.05. The van der Waals surface area contributed by atoms with Crippen molar-refractivity contribution in [2.45, 2.75) is 31.5 Å². The van der Waals surface area contributed by atoms with Crippen LogP contribution in [0, 0.1) is 5.82 Å². The third-order valence-corrected chi connectivity index (χ3v) is 6.22. The molecule has 0 fully saturated rings. The van der Waals surface area contributed by atoms with Crippen LogP contribution in [-0.4, -0.2) is 61.8 Å². The predicted octanol–water partition coefficient (Wildman–Crippen LogP) is 4.41. The van der Waals surface area contributed by atoms with E-state index in [1.165, 1.54) is 44.6 Å². The van der Waals surface area contributed by atoms with Gasteiger partial charge in [0.1, 0.15) is 29.6 Å². The van der Waals surface area contributed by atoms with Gasteiger partial charge in [-0.15, -0.1) is 0 Å². The minimum Gasteiger partial charge on any atom is -0.494 e. The number of ether oxygens (including phenoxy) is 3. The fraction of sp³-hybridized carbons (Fsp3) is 0.345. The molecule has 9 nitrogen and oxygen atoms in total. The maximum atomic E-state index is 13.9. The summed E-state index contributed by atoms with van der Waals surface area (Å²) in [4.78, 5) is 31.0. The first-order valence-corrected chi connectivity index (χ1v) is 12.9. The SMILES string of the molecule is COc1cc(C(=O)N[C@H](CCCCN)C(=O)c2ccc(OC)c(-c3ccc(F)c(C(F)(F)F)c3)n2)ccc1OCCO. The van der Waals surface area contributed by atoms with E-state index in [0.29, 0.717) is 37.3 Å². The Morgan fingerprint density at radius 3 is 2.36 bits per heavy atom. The summed E-state index contributed by atoms with van der Waals surface area (Å²) in [7, 11) is 2.66. The number of carbonyl (C=O) groups excluding carboxylic acids is 2. The Kier molecular flexibility index (Phi) is 11.2. The summed E-state index contributed by atoms with van der Waals surface area (Å²) in [6.07, 6.45) is -3.69. The summed E-state index contributed by atoms with van der Waals surface area (Å²) >= 11 is 0. The number of carbonyl (C=O) groups is 2. The minimum absolute atomic E-state index is 0.0198. The standard InChI is InChI=1S/C29H31F4N3O6/c1-40-24-11-9-22(35-26(24)17-6-8-20(30)19(15-17)29(31,32)33)27(38)21(5-3-4-12-34)36-28(39)18-7-10-23(42-14-13-37)25(16-18)41-2/h6-11,15-16,21,37H,3-5,12-14,34H2,1-2H3,(H,36,39)/t21-/m1/s1. The Balaban J connectivity index is 1.95. The molecule has 1 heterocycles. The second-order valence-electron chi connectivity index (χ2n) is 9.05. The average molecular weight is 594 g/mol. The van der Waals surface area contributed by atoms with Crippen LogP contribution in [0.1, 0.15) is 45.7 Å². The van der Waals surface area contributed by atoms with Gasteiger partial charge in [-0.1, -0.05) is 0 Å². The van der Waals surface area contributed by atoms with E-state index in [9.17, 15) is 27.2 Å². The minimum atomic E-state index is -4.95. The van der Waals surface area contributed by atoms with Gasteiger partial charge in [-0.05, 0) is 74.3 Å². The van der Waals surface area contributed by atoms with Gasteiger partial charge in [-0.2, -0.15) is 13.2 Å². The molecular formula is C29H31F4N3O6. The van der Waals surface area contributed by atoms with Crippen LogP contribution in [0.5, 0.6) is 17.2 Å². The van der Waals surface area contributed by atoms with E-state index in [2.05, 4.69) is 10.3 Å². The summed E-state index contributed by atoms with van der Waals surface area (Å²) < 4.78 is 69.9. The summed E-state index contributed by atoms with van der Waals surface area (Å²) in [5.41, 5.74) is 3.90. The van der Waals surface area contributed by atoms with Gasteiger partial charge in [0, 0.05) is 11.1 Å². The molecule has 0 bridgehead atoms. The number of pyridine rings is 1. The van der Waals surface area contributed by atoms with Crippen LogP contribution >= 0.6 is 0 Å². The number of unbranched alkanes of at least 4 members (excludes halogenated alkanes) is 1. The van der Waals surface area contributed by atoms with E-state index in [1.54, 1.807) is 0 Å². The number of aromatic nitrogens is 1. The lowest BCUT2D eigenvalue weighted by Gasteiger charge is -2.19. The quantitative estimate of drug-likeness (QED) is 0.142. The van der Waals surface area contributed by atoms with Gasteiger partial charge in [-0.25, -0.2) is 9.37 Å². The fourth-order valence-electron chi connectivity index (χ4n) is 4.11. The number of ketones is 1. The summed E-state index contributed by atoms with van der Waals surface area (Å²) in [6.45, 7) is 0.161. The first-order valence-electron chi connectivity index (χ1n) is 12.9. The average Bonchev–Trinajstić information content (AvgIpc) is 2.98. The Bertz CT molecular complexity index is 1400. The van der Waals surface area contributed by atoms with Crippen LogP contribution in [0.25, 0.3) is 11.3 Å². The number of aliphatic hydroxyl groups excluding tert-OH is 1. The third-order valence-electron chi connectivity index (χ3n) is 6.22. The van der Waals surface area contributed by atoms with Crippen LogP contribution in [-0.2, 0) is 6.18 Å². The maximum absolute atomic E-state index is 13.9. The molecule has 0 unspecified atom stereocenters. The highest BCUT2D eigenvalue weighted by atomic mass is 19.4. The molecule has 3 aromatic rings. The number of hydrogen-bond donors (Lipinski definition) is 3. The van der Waals surface area contributed by atoms with Crippen LogP contribution in [0.2, 0.25) is 0 Å². The van der Waals surface area contributed by atoms with Gasteiger partial charge in [0.05, 0.1) is 32.4 Å². The molecule has 0 aliphatic carbocycles. The Hall–Kier alpha value is -4.23. The van der Waals surface area contributed by atoms with Crippen molar-refractivity contribution < 1.29 is 46.5 Å². The molecule has 3 rings (SSSR count). The van der Waals surface area contributed by atoms with Crippen molar-refractivity contribution in [3.63, 3.8) is 0 Å². The van der Waals surface area contributed by atoms with Gasteiger partial charge in [0.2, 0.25) is 5.78 Å². The van der Waals surface area contributed by atoms with Crippen LogP contribution in [0.3, 0.4) is 0 Å². The molecule has 0 radical (unpaired) electrons. The second kappa shape index (κ2) is 14.6.